The number of para-hydroxylation sites is 1. The summed E-state index contributed by atoms with van der Waals surface area (Å²) in [7, 11) is 1.66. The number of ether oxygens (including phenoxy) is 2. The molecule has 6 nitrogen and oxygen atoms in total. The average molecular weight is 493 g/mol. The molecule has 186 valence electrons. The number of benzene rings is 3. The van der Waals surface area contributed by atoms with Crippen molar-refractivity contribution in [1.82, 2.24) is 4.98 Å². The summed E-state index contributed by atoms with van der Waals surface area (Å²) in [5, 5.41) is 4.86. The first-order chi connectivity index (χ1) is 18.0. The molecule has 0 saturated carbocycles. The molecule has 37 heavy (non-hydrogen) atoms. The number of nitrogens with one attached hydrogen (secondary N) is 1. The number of allylic oxidation sites excluding steroid dienone is 1. The molecule has 0 radical (unpaired) electrons. The van der Waals surface area contributed by atoms with E-state index < -0.39 is 0 Å². The summed E-state index contributed by atoms with van der Waals surface area (Å²) in [6.07, 6.45) is 5.09. The van der Waals surface area contributed by atoms with Crippen LogP contribution in [0.15, 0.2) is 83.6 Å². The van der Waals surface area contributed by atoms with Gasteiger partial charge < -0.3 is 19.2 Å². The number of carbonyl (C=O) groups is 1. The number of aromatic nitrogens is 1. The van der Waals surface area contributed by atoms with Crippen LogP contribution in [0.4, 0.5) is 5.69 Å². The Kier molecular flexibility index (Phi) is 6.64. The summed E-state index contributed by atoms with van der Waals surface area (Å²) in [5.74, 6) is 1.24. The molecule has 2 heterocycles. The number of aryl methyl sites for hydroxylation is 1. The third-order valence-corrected chi connectivity index (χ3v) is 6.37. The van der Waals surface area contributed by atoms with Gasteiger partial charge in [0.25, 0.3) is 0 Å². The Balaban J connectivity index is 1.55. The lowest BCUT2D eigenvalue weighted by molar-refractivity contribution is -0.111. The summed E-state index contributed by atoms with van der Waals surface area (Å²) in [4.78, 5) is 17.3. The molecule has 0 aliphatic rings. The molecule has 0 unspecified atom stereocenters. The fourth-order valence-corrected chi connectivity index (χ4v) is 4.62. The fourth-order valence-electron chi connectivity index (χ4n) is 4.62. The van der Waals surface area contributed by atoms with E-state index in [9.17, 15) is 4.79 Å². The lowest BCUT2D eigenvalue weighted by Crippen LogP contribution is -2.09. The molecule has 5 aromatic rings. The maximum Gasteiger partial charge on any atom is 0.248 e. The first kappa shape index (κ1) is 24.1. The van der Waals surface area contributed by atoms with Gasteiger partial charge in [-0.25, -0.2) is 0 Å². The smallest absolute Gasteiger partial charge is 0.248 e. The van der Waals surface area contributed by atoms with Crippen molar-refractivity contribution in [2.75, 3.05) is 19.0 Å². The van der Waals surface area contributed by atoms with Crippen LogP contribution in [-0.2, 0) is 4.79 Å². The van der Waals surface area contributed by atoms with E-state index in [1.54, 1.807) is 25.6 Å². The van der Waals surface area contributed by atoms with E-state index >= 15 is 0 Å². The van der Waals surface area contributed by atoms with Crippen molar-refractivity contribution in [3.8, 4) is 22.6 Å². The first-order valence-corrected chi connectivity index (χ1v) is 12.2. The number of carbonyl (C=O) groups excluding carboxylic acids is 1. The van der Waals surface area contributed by atoms with E-state index in [4.69, 9.17) is 13.9 Å². The molecular formula is C31H28N2O4. The number of amides is 1. The normalized spacial score (nSPS) is 11.6. The standard InChI is InChI=1S/C31H28N2O4/c1-5-36-30-20(3)31-25(26(18-37-31)23-10-6-7-11-28(23)35-4)17-24(30)19(2)15-29(34)33-22-12-13-27-21(16-22)9-8-14-32-27/h6-18H,5H2,1-4H3,(H,33,34)/b19-15+. The highest BCUT2D eigenvalue weighted by atomic mass is 16.5. The van der Waals surface area contributed by atoms with Gasteiger partial charge >= 0.3 is 0 Å². The molecule has 1 N–H and O–H groups in total. The zero-order chi connectivity index (χ0) is 25.9. The van der Waals surface area contributed by atoms with Crippen molar-refractivity contribution in [3.05, 3.63) is 90.3 Å². The Morgan fingerprint density at radius 2 is 1.92 bits per heavy atom. The Labute approximate surface area is 215 Å². The molecule has 0 spiro atoms. The van der Waals surface area contributed by atoms with Crippen LogP contribution in [0.25, 0.3) is 38.6 Å². The number of hydrogen-bond donors (Lipinski definition) is 1. The zero-order valence-corrected chi connectivity index (χ0v) is 21.3. The second-order valence-electron chi connectivity index (χ2n) is 8.77. The molecule has 3 aromatic carbocycles. The second-order valence-corrected chi connectivity index (χ2v) is 8.77. The van der Waals surface area contributed by atoms with Crippen molar-refractivity contribution in [3.63, 3.8) is 0 Å². The highest BCUT2D eigenvalue weighted by Gasteiger charge is 2.20. The topological polar surface area (TPSA) is 73.6 Å². The number of methoxy groups -OCH3 is 1. The SMILES string of the molecule is CCOc1c(/C(C)=C/C(=O)Nc2ccc3ncccc3c2)cc2c(-c3ccccc3OC)coc2c1C. The van der Waals surface area contributed by atoms with Crippen LogP contribution in [0.3, 0.4) is 0 Å². The minimum atomic E-state index is -0.224. The third-order valence-electron chi connectivity index (χ3n) is 6.37. The third kappa shape index (κ3) is 4.66. The number of hydrogen-bond acceptors (Lipinski definition) is 5. The second kappa shape index (κ2) is 10.2. The monoisotopic (exact) mass is 492 g/mol. The van der Waals surface area contributed by atoms with Crippen LogP contribution in [0.1, 0.15) is 25.0 Å². The number of anilines is 1. The van der Waals surface area contributed by atoms with Gasteiger partial charge in [-0.2, -0.15) is 0 Å². The van der Waals surface area contributed by atoms with Gasteiger partial charge in [0.15, 0.2) is 0 Å². The summed E-state index contributed by atoms with van der Waals surface area (Å²) in [5.41, 5.74) is 6.68. The van der Waals surface area contributed by atoms with Crippen LogP contribution >= 0.6 is 0 Å². The predicted molar refractivity (Wildman–Crippen MR) is 148 cm³/mol. The van der Waals surface area contributed by atoms with Crippen LogP contribution in [-0.4, -0.2) is 24.6 Å². The molecular weight excluding hydrogens is 464 g/mol. The van der Waals surface area contributed by atoms with Gasteiger partial charge in [0.2, 0.25) is 5.91 Å². The molecule has 6 heteroatoms. The Bertz CT molecular complexity index is 1650. The molecule has 1 amide bonds. The number of fused-ring (bicyclic) bond motifs is 2. The van der Waals surface area contributed by atoms with E-state index in [0.29, 0.717) is 18.0 Å². The van der Waals surface area contributed by atoms with Crippen molar-refractivity contribution >= 4 is 39.0 Å². The van der Waals surface area contributed by atoms with Crippen molar-refractivity contribution in [2.24, 2.45) is 0 Å². The number of nitrogens with zero attached hydrogens (tertiary/aromatic N) is 1. The molecule has 0 aliphatic carbocycles. The largest absolute Gasteiger partial charge is 0.496 e. The maximum absolute atomic E-state index is 13.0. The lowest BCUT2D eigenvalue weighted by atomic mass is 9.96. The Hall–Kier alpha value is -4.58. The van der Waals surface area contributed by atoms with E-state index in [1.165, 1.54) is 0 Å². The van der Waals surface area contributed by atoms with Crippen molar-refractivity contribution in [2.45, 2.75) is 20.8 Å². The van der Waals surface area contributed by atoms with Gasteiger partial charge in [0.1, 0.15) is 17.1 Å². The first-order valence-electron chi connectivity index (χ1n) is 12.2. The minimum Gasteiger partial charge on any atom is -0.496 e. The molecule has 0 atom stereocenters. The summed E-state index contributed by atoms with van der Waals surface area (Å²) < 4.78 is 17.6. The van der Waals surface area contributed by atoms with Gasteiger partial charge in [-0.15, -0.1) is 0 Å². The number of rotatable bonds is 7. The molecule has 0 aliphatic heterocycles. The highest BCUT2D eigenvalue weighted by molar-refractivity contribution is 6.06. The molecule has 5 rings (SSSR count). The van der Waals surface area contributed by atoms with Gasteiger partial charge in [-0.3, -0.25) is 9.78 Å². The van der Waals surface area contributed by atoms with Crippen LogP contribution in [0.5, 0.6) is 11.5 Å². The minimum absolute atomic E-state index is 0.224. The van der Waals surface area contributed by atoms with Gasteiger partial charge in [0.05, 0.1) is 25.5 Å². The lowest BCUT2D eigenvalue weighted by Gasteiger charge is -2.15. The van der Waals surface area contributed by atoms with E-state index in [2.05, 4.69) is 10.3 Å². The highest BCUT2D eigenvalue weighted by Crippen LogP contribution is 2.42. The number of pyridine rings is 1. The van der Waals surface area contributed by atoms with Gasteiger partial charge in [-0.1, -0.05) is 24.3 Å². The summed E-state index contributed by atoms with van der Waals surface area (Å²) in [6.45, 7) is 6.32. The fraction of sp³-hybridized carbons (Fsp3) is 0.161. The Morgan fingerprint density at radius 3 is 2.73 bits per heavy atom. The maximum atomic E-state index is 13.0. The van der Waals surface area contributed by atoms with Gasteiger partial charge in [-0.05, 0) is 62.7 Å². The molecule has 0 saturated heterocycles. The zero-order valence-electron chi connectivity index (χ0n) is 21.3. The molecule has 0 fully saturated rings. The predicted octanol–water partition coefficient (Wildman–Crippen LogP) is 7.41. The molecule has 0 bridgehead atoms. The summed E-state index contributed by atoms with van der Waals surface area (Å²) in [6, 6.07) is 19.4. The molecule has 2 aromatic heterocycles. The average Bonchev–Trinajstić information content (AvgIpc) is 3.34. The number of furan rings is 1. The quantitative estimate of drug-likeness (QED) is 0.240. The summed E-state index contributed by atoms with van der Waals surface area (Å²) >= 11 is 0. The Morgan fingerprint density at radius 1 is 1.08 bits per heavy atom. The van der Waals surface area contributed by atoms with Crippen LogP contribution < -0.4 is 14.8 Å². The van der Waals surface area contributed by atoms with E-state index in [-0.39, 0.29) is 5.91 Å². The van der Waals surface area contributed by atoms with E-state index in [1.807, 2.05) is 81.4 Å². The van der Waals surface area contributed by atoms with Crippen molar-refractivity contribution < 1.29 is 18.7 Å². The van der Waals surface area contributed by atoms with Crippen LogP contribution in [0.2, 0.25) is 0 Å². The van der Waals surface area contributed by atoms with Crippen molar-refractivity contribution in [1.29, 1.82) is 0 Å². The van der Waals surface area contributed by atoms with Gasteiger partial charge in [0, 0.05) is 51.0 Å². The van der Waals surface area contributed by atoms with E-state index in [0.717, 1.165) is 55.4 Å². The van der Waals surface area contributed by atoms with Crippen LogP contribution in [0, 0.1) is 6.92 Å².